The molecule has 2 aromatic carbocycles. The van der Waals surface area contributed by atoms with Crippen LogP contribution in [0.25, 0.3) is 6.08 Å². The predicted octanol–water partition coefficient (Wildman–Crippen LogP) is 5.20. The van der Waals surface area contributed by atoms with Crippen molar-refractivity contribution in [2.45, 2.75) is 20.3 Å². The lowest BCUT2D eigenvalue weighted by Crippen LogP contribution is -2.19. The minimum absolute atomic E-state index is 0.196. The monoisotopic (exact) mass is 416 g/mol. The van der Waals surface area contributed by atoms with E-state index in [-0.39, 0.29) is 5.91 Å². The summed E-state index contributed by atoms with van der Waals surface area (Å²) in [5.74, 6) is 0.823. The van der Waals surface area contributed by atoms with Gasteiger partial charge in [-0.2, -0.15) is 0 Å². The normalized spacial score (nSPS) is 16.5. The molecular weight excluding hydrogens is 396 g/mol. The molecule has 7 heteroatoms. The molecule has 5 nitrogen and oxygen atoms in total. The van der Waals surface area contributed by atoms with E-state index in [9.17, 15) is 4.79 Å². The lowest BCUT2D eigenvalue weighted by molar-refractivity contribution is -0.115. The molecule has 0 aromatic heterocycles. The Morgan fingerprint density at radius 1 is 1.21 bits per heavy atom. The summed E-state index contributed by atoms with van der Waals surface area (Å²) in [6.45, 7) is 4.47. The van der Waals surface area contributed by atoms with Gasteiger partial charge in [0.15, 0.2) is 16.7 Å². The van der Waals surface area contributed by atoms with Crippen LogP contribution in [0.15, 0.2) is 46.3 Å². The second-order valence-electron chi connectivity index (χ2n) is 5.97. The molecule has 28 heavy (non-hydrogen) atoms. The minimum Gasteiger partial charge on any atom is -0.491 e. The summed E-state index contributed by atoms with van der Waals surface area (Å²) in [7, 11) is 1.54. The summed E-state index contributed by atoms with van der Waals surface area (Å²) in [5.41, 5.74) is 2.79. The van der Waals surface area contributed by atoms with Crippen LogP contribution in [0.2, 0.25) is 5.02 Å². The number of hydrogen-bond acceptors (Lipinski definition) is 5. The fraction of sp³-hybridized carbons (Fsp3) is 0.238. The standard InChI is InChI=1S/C21H21ClN2O3S/c1-4-13-6-8-15(9-7-13)23-21-24-20(25)18(28-21)12-14-10-16(22)19(26-3)17(11-14)27-5-2/h6-12H,4-5H2,1-3H3,(H,23,24,25)/b18-12-. The third-order valence-electron chi connectivity index (χ3n) is 4.06. The number of aryl methyl sites for hydroxylation is 1. The Balaban J connectivity index is 1.85. The van der Waals surface area contributed by atoms with E-state index < -0.39 is 0 Å². The third-order valence-corrected chi connectivity index (χ3v) is 5.25. The van der Waals surface area contributed by atoms with Gasteiger partial charge < -0.3 is 14.8 Å². The van der Waals surface area contributed by atoms with Crippen molar-refractivity contribution in [2.24, 2.45) is 4.99 Å². The molecule has 1 heterocycles. The highest BCUT2D eigenvalue weighted by atomic mass is 35.5. The van der Waals surface area contributed by atoms with Gasteiger partial charge in [-0.3, -0.25) is 4.79 Å². The number of nitrogens with one attached hydrogen (secondary N) is 1. The topological polar surface area (TPSA) is 59.9 Å². The summed E-state index contributed by atoms with van der Waals surface area (Å²) >= 11 is 7.58. The largest absolute Gasteiger partial charge is 0.491 e. The summed E-state index contributed by atoms with van der Waals surface area (Å²) in [4.78, 5) is 17.4. The van der Waals surface area contributed by atoms with Crippen molar-refractivity contribution in [2.75, 3.05) is 13.7 Å². The van der Waals surface area contributed by atoms with Gasteiger partial charge in [0.25, 0.3) is 5.91 Å². The van der Waals surface area contributed by atoms with Gasteiger partial charge in [0.05, 0.1) is 29.3 Å². The van der Waals surface area contributed by atoms with E-state index in [1.807, 2.05) is 31.2 Å². The Labute approximate surface area is 173 Å². The first-order chi connectivity index (χ1) is 13.5. The quantitative estimate of drug-likeness (QED) is 0.657. The number of aliphatic imine (C=N–C) groups is 1. The molecular formula is C21H21ClN2O3S. The van der Waals surface area contributed by atoms with E-state index in [1.165, 1.54) is 24.4 Å². The second kappa shape index (κ2) is 9.17. The maximum Gasteiger partial charge on any atom is 0.264 e. The second-order valence-corrected chi connectivity index (χ2v) is 7.41. The summed E-state index contributed by atoms with van der Waals surface area (Å²) in [6.07, 6.45) is 2.74. The highest BCUT2D eigenvalue weighted by Gasteiger charge is 2.24. The molecule has 2 aromatic rings. The van der Waals surface area contributed by atoms with Gasteiger partial charge in [-0.15, -0.1) is 0 Å². The molecule has 1 aliphatic rings. The van der Waals surface area contributed by atoms with E-state index in [0.717, 1.165) is 17.7 Å². The van der Waals surface area contributed by atoms with Crippen LogP contribution in [0.4, 0.5) is 5.69 Å². The molecule has 1 fully saturated rings. The third kappa shape index (κ3) is 4.69. The summed E-state index contributed by atoms with van der Waals surface area (Å²) in [6, 6.07) is 11.5. The molecule has 1 saturated heterocycles. The van der Waals surface area contributed by atoms with E-state index in [2.05, 4.69) is 17.2 Å². The van der Waals surface area contributed by atoms with E-state index in [1.54, 1.807) is 18.2 Å². The van der Waals surface area contributed by atoms with Crippen molar-refractivity contribution in [3.8, 4) is 11.5 Å². The Bertz CT molecular complexity index is 939. The van der Waals surface area contributed by atoms with Crippen LogP contribution >= 0.6 is 23.4 Å². The van der Waals surface area contributed by atoms with Gasteiger partial charge >= 0.3 is 0 Å². The van der Waals surface area contributed by atoms with Gasteiger partial charge in [-0.1, -0.05) is 30.7 Å². The number of benzene rings is 2. The molecule has 1 aliphatic heterocycles. The van der Waals surface area contributed by atoms with E-state index in [4.69, 9.17) is 21.1 Å². The number of hydrogen-bond donors (Lipinski definition) is 1. The van der Waals surface area contributed by atoms with Crippen molar-refractivity contribution in [1.29, 1.82) is 0 Å². The van der Waals surface area contributed by atoms with Crippen LogP contribution in [0.1, 0.15) is 25.0 Å². The lowest BCUT2D eigenvalue weighted by Gasteiger charge is -2.11. The number of nitrogens with zero attached hydrogens (tertiary/aromatic N) is 1. The number of halogens is 1. The molecule has 1 N–H and O–H groups in total. The van der Waals surface area contributed by atoms with E-state index >= 15 is 0 Å². The maximum absolute atomic E-state index is 12.3. The molecule has 1 amide bonds. The number of amides is 1. The fourth-order valence-corrected chi connectivity index (χ4v) is 3.83. The number of carbonyl (C=O) groups excluding carboxylic acids is 1. The van der Waals surface area contributed by atoms with Crippen molar-refractivity contribution in [3.05, 3.63) is 57.5 Å². The number of thioether (sulfide) groups is 1. The number of amidine groups is 1. The van der Waals surface area contributed by atoms with Gasteiger partial charge in [-0.05, 0) is 66.6 Å². The number of carbonyl (C=O) groups is 1. The van der Waals surface area contributed by atoms with Crippen LogP contribution in [0, 0.1) is 0 Å². The van der Waals surface area contributed by atoms with Crippen LogP contribution in [-0.2, 0) is 11.2 Å². The average molecular weight is 417 g/mol. The summed E-state index contributed by atoms with van der Waals surface area (Å²) < 4.78 is 10.9. The van der Waals surface area contributed by atoms with Crippen molar-refractivity contribution in [1.82, 2.24) is 5.32 Å². The van der Waals surface area contributed by atoms with Crippen LogP contribution in [-0.4, -0.2) is 24.8 Å². The Kier molecular flexibility index (Phi) is 6.65. The lowest BCUT2D eigenvalue weighted by atomic mass is 10.2. The van der Waals surface area contributed by atoms with Crippen molar-refractivity contribution >= 4 is 46.2 Å². The molecule has 3 rings (SSSR count). The molecule has 0 spiro atoms. The van der Waals surface area contributed by atoms with Crippen LogP contribution in [0.5, 0.6) is 11.5 Å². The Morgan fingerprint density at radius 3 is 2.61 bits per heavy atom. The number of rotatable bonds is 6. The van der Waals surface area contributed by atoms with E-state index in [0.29, 0.717) is 33.2 Å². The van der Waals surface area contributed by atoms with Crippen LogP contribution in [0.3, 0.4) is 0 Å². The zero-order valence-electron chi connectivity index (χ0n) is 15.9. The first-order valence-electron chi connectivity index (χ1n) is 8.92. The molecule has 0 radical (unpaired) electrons. The molecule has 0 saturated carbocycles. The SMILES string of the molecule is CCOc1cc(/C=C2\SC(=Nc3ccc(CC)cc3)NC2=O)cc(Cl)c1OC. The molecule has 0 aliphatic carbocycles. The van der Waals surface area contributed by atoms with Gasteiger partial charge in [0.1, 0.15) is 0 Å². The molecule has 0 unspecified atom stereocenters. The molecule has 0 atom stereocenters. The molecule has 146 valence electrons. The number of methoxy groups -OCH3 is 1. The minimum atomic E-state index is -0.196. The highest BCUT2D eigenvalue weighted by molar-refractivity contribution is 8.18. The van der Waals surface area contributed by atoms with Crippen molar-refractivity contribution < 1.29 is 14.3 Å². The van der Waals surface area contributed by atoms with Crippen LogP contribution < -0.4 is 14.8 Å². The zero-order valence-corrected chi connectivity index (χ0v) is 17.5. The Hall–Kier alpha value is -2.44. The first kappa shape index (κ1) is 20.3. The van der Waals surface area contributed by atoms with Crippen molar-refractivity contribution in [3.63, 3.8) is 0 Å². The number of ether oxygens (including phenoxy) is 2. The van der Waals surface area contributed by atoms with Gasteiger partial charge in [0.2, 0.25) is 0 Å². The zero-order chi connectivity index (χ0) is 20.1. The molecule has 0 bridgehead atoms. The smallest absolute Gasteiger partial charge is 0.264 e. The average Bonchev–Trinajstić information content (AvgIpc) is 3.01. The predicted molar refractivity (Wildman–Crippen MR) is 116 cm³/mol. The van der Waals surface area contributed by atoms with Gasteiger partial charge in [0, 0.05) is 0 Å². The Morgan fingerprint density at radius 2 is 1.96 bits per heavy atom. The summed E-state index contributed by atoms with van der Waals surface area (Å²) in [5, 5.41) is 3.77. The highest BCUT2D eigenvalue weighted by Crippen LogP contribution is 2.38. The first-order valence-corrected chi connectivity index (χ1v) is 10.1. The fourth-order valence-electron chi connectivity index (χ4n) is 2.69. The maximum atomic E-state index is 12.3. The van der Waals surface area contributed by atoms with Gasteiger partial charge in [-0.25, -0.2) is 4.99 Å².